The van der Waals surface area contributed by atoms with E-state index in [1.54, 1.807) is 19.0 Å². The van der Waals surface area contributed by atoms with E-state index in [9.17, 15) is 4.79 Å². The fraction of sp³-hybridized carbons (Fsp3) is 0.250. The van der Waals surface area contributed by atoms with E-state index >= 15 is 0 Å². The fourth-order valence-corrected chi connectivity index (χ4v) is 0.946. The van der Waals surface area contributed by atoms with Gasteiger partial charge in [0.1, 0.15) is 5.71 Å². The Labute approximate surface area is 70.5 Å². The van der Waals surface area contributed by atoms with E-state index in [1.807, 2.05) is 0 Å². The lowest BCUT2D eigenvalue weighted by atomic mass is 10.1. The monoisotopic (exact) mass is 166 g/mol. The van der Waals surface area contributed by atoms with E-state index in [2.05, 4.69) is 5.16 Å². The molecule has 1 N–H and O–H groups in total. The van der Waals surface area contributed by atoms with Crippen molar-refractivity contribution in [2.45, 2.75) is 0 Å². The van der Waals surface area contributed by atoms with E-state index in [0.717, 1.165) is 0 Å². The standard InChI is InChI=1S/C8H10N2O2/c1-10(2)8-5-6(11)3-4-7(8)9-12/h3-5,12H,1-2H3. The largest absolute Gasteiger partial charge is 0.410 e. The van der Waals surface area contributed by atoms with Crippen molar-refractivity contribution in [1.82, 2.24) is 4.90 Å². The normalized spacial score (nSPS) is 19.7. The van der Waals surface area contributed by atoms with E-state index in [1.165, 1.54) is 18.2 Å². The van der Waals surface area contributed by atoms with Crippen molar-refractivity contribution < 1.29 is 10.0 Å². The lowest BCUT2D eigenvalue weighted by Crippen LogP contribution is -2.21. The Kier molecular flexibility index (Phi) is 2.28. The molecule has 0 aromatic heterocycles. The van der Waals surface area contributed by atoms with Crippen LogP contribution in [-0.4, -0.2) is 35.7 Å². The van der Waals surface area contributed by atoms with Crippen molar-refractivity contribution in [3.63, 3.8) is 0 Å². The zero-order valence-corrected chi connectivity index (χ0v) is 6.98. The maximum absolute atomic E-state index is 10.9. The quantitative estimate of drug-likeness (QED) is 0.348. The minimum atomic E-state index is -0.0916. The molecular formula is C8H10N2O2. The molecule has 4 heteroatoms. The summed E-state index contributed by atoms with van der Waals surface area (Å²) in [6, 6.07) is 0. The number of hydrogen-bond donors (Lipinski definition) is 1. The first-order chi connectivity index (χ1) is 5.65. The molecule has 0 saturated heterocycles. The second-order valence-electron chi connectivity index (χ2n) is 2.64. The number of oxime groups is 1. The second kappa shape index (κ2) is 3.21. The van der Waals surface area contributed by atoms with Crippen LogP contribution in [0.25, 0.3) is 0 Å². The molecule has 0 aromatic carbocycles. The first-order valence-corrected chi connectivity index (χ1v) is 3.48. The minimum Gasteiger partial charge on any atom is -0.410 e. The molecule has 64 valence electrons. The molecule has 1 aliphatic carbocycles. The van der Waals surface area contributed by atoms with Gasteiger partial charge in [0.05, 0.1) is 5.70 Å². The molecule has 0 aliphatic heterocycles. The predicted molar refractivity (Wildman–Crippen MR) is 45.1 cm³/mol. The van der Waals surface area contributed by atoms with Gasteiger partial charge in [0, 0.05) is 20.2 Å². The lowest BCUT2D eigenvalue weighted by molar-refractivity contribution is -0.110. The summed E-state index contributed by atoms with van der Waals surface area (Å²) in [7, 11) is 3.56. The van der Waals surface area contributed by atoms with Crippen LogP contribution in [0.4, 0.5) is 0 Å². The minimum absolute atomic E-state index is 0.0916. The molecule has 0 atom stereocenters. The van der Waals surface area contributed by atoms with Crippen LogP contribution in [0.2, 0.25) is 0 Å². The van der Waals surface area contributed by atoms with E-state index < -0.39 is 0 Å². The van der Waals surface area contributed by atoms with Gasteiger partial charge in [-0.25, -0.2) is 0 Å². The van der Waals surface area contributed by atoms with Crippen molar-refractivity contribution in [1.29, 1.82) is 0 Å². The number of hydrogen-bond acceptors (Lipinski definition) is 4. The number of nitrogens with zero attached hydrogens (tertiary/aromatic N) is 2. The average Bonchev–Trinajstić information content (AvgIpc) is 2.04. The van der Waals surface area contributed by atoms with Crippen LogP contribution < -0.4 is 0 Å². The van der Waals surface area contributed by atoms with Crippen molar-refractivity contribution in [2.75, 3.05) is 14.1 Å². The summed E-state index contributed by atoms with van der Waals surface area (Å²) in [6.07, 6.45) is 4.27. The summed E-state index contributed by atoms with van der Waals surface area (Å²) in [5, 5.41) is 11.6. The third-order valence-corrected chi connectivity index (χ3v) is 1.54. The van der Waals surface area contributed by atoms with Crippen molar-refractivity contribution >= 4 is 11.5 Å². The van der Waals surface area contributed by atoms with Crippen molar-refractivity contribution in [2.24, 2.45) is 5.16 Å². The van der Waals surface area contributed by atoms with E-state index in [0.29, 0.717) is 11.4 Å². The zero-order valence-electron chi connectivity index (χ0n) is 6.98. The lowest BCUT2D eigenvalue weighted by Gasteiger charge is -2.17. The van der Waals surface area contributed by atoms with Gasteiger partial charge in [-0.15, -0.1) is 0 Å². The van der Waals surface area contributed by atoms with Crippen LogP contribution >= 0.6 is 0 Å². The van der Waals surface area contributed by atoms with Gasteiger partial charge in [-0.3, -0.25) is 4.79 Å². The number of allylic oxidation sites excluding steroid dienone is 3. The van der Waals surface area contributed by atoms with Crippen molar-refractivity contribution in [3.05, 3.63) is 23.9 Å². The number of carbonyl (C=O) groups is 1. The van der Waals surface area contributed by atoms with Crippen LogP contribution in [0.3, 0.4) is 0 Å². The first-order valence-electron chi connectivity index (χ1n) is 3.48. The zero-order chi connectivity index (χ0) is 9.14. The predicted octanol–water partition coefficient (Wildman–Crippen LogP) is 0.401. The molecule has 0 saturated carbocycles. The molecule has 0 bridgehead atoms. The van der Waals surface area contributed by atoms with Gasteiger partial charge in [0.15, 0.2) is 5.78 Å². The molecule has 0 radical (unpaired) electrons. The smallest absolute Gasteiger partial charge is 0.180 e. The van der Waals surface area contributed by atoms with Crippen LogP contribution in [0.1, 0.15) is 0 Å². The summed E-state index contributed by atoms with van der Waals surface area (Å²) in [5.74, 6) is -0.0916. The van der Waals surface area contributed by atoms with Crippen LogP contribution in [0.5, 0.6) is 0 Å². The Morgan fingerprint density at radius 3 is 2.58 bits per heavy atom. The molecular weight excluding hydrogens is 156 g/mol. The first kappa shape index (κ1) is 8.52. The third kappa shape index (κ3) is 1.53. The Hall–Kier alpha value is -1.58. The van der Waals surface area contributed by atoms with Crippen molar-refractivity contribution in [3.8, 4) is 0 Å². The summed E-state index contributed by atoms with van der Waals surface area (Å²) in [4.78, 5) is 12.6. The molecule has 0 aromatic rings. The van der Waals surface area contributed by atoms with Gasteiger partial charge >= 0.3 is 0 Å². The maximum atomic E-state index is 10.9. The molecule has 0 unspecified atom stereocenters. The highest BCUT2D eigenvalue weighted by atomic mass is 16.4. The molecule has 4 nitrogen and oxygen atoms in total. The van der Waals surface area contributed by atoms with Gasteiger partial charge in [-0.1, -0.05) is 5.16 Å². The summed E-state index contributed by atoms with van der Waals surface area (Å²) in [6.45, 7) is 0. The van der Waals surface area contributed by atoms with Crippen LogP contribution in [0.15, 0.2) is 29.1 Å². The van der Waals surface area contributed by atoms with E-state index in [4.69, 9.17) is 5.21 Å². The maximum Gasteiger partial charge on any atom is 0.180 e. The molecule has 0 amide bonds. The Morgan fingerprint density at radius 2 is 2.08 bits per heavy atom. The summed E-state index contributed by atoms with van der Waals surface area (Å²) in [5.41, 5.74) is 1.02. The molecule has 1 rings (SSSR count). The molecule has 0 heterocycles. The highest BCUT2D eigenvalue weighted by Crippen LogP contribution is 2.08. The van der Waals surface area contributed by atoms with E-state index in [-0.39, 0.29) is 5.78 Å². The molecule has 0 spiro atoms. The van der Waals surface area contributed by atoms with Gasteiger partial charge in [-0.2, -0.15) is 0 Å². The SMILES string of the molecule is CN(C)C1=CC(=O)C=CC1=NO. The highest BCUT2D eigenvalue weighted by molar-refractivity contribution is 6.19. The Balaban J connectivity index is 3.01. The Bertz CT molecular complexity index is 287. The number of ketones is 1. The average molecular weight is 166 g/mol. The van der Waals surface area contributed by atoms with Gasteiger partial charge < -0.3 is 10.1 Å². The summed E-state index contributed by atoms with van der Waals surface area (Å²) < 4.78 is 0. The fourth-order valence-electron chi connectivity index (χ4n) is 0.946. The van der Waals surface area contributed by atoms with Gasteiger partial charge in [-0.05, 0) is 12.2 Å². The molecule has 1 aliphatic rings. The number of rotatable bonds is 1. The summed E-state index contributed by atoms with van der Waals surface area (Å²) >= 11 is 0. The van der Waals surface area contributed by atoms with Gasteiger partial charge in [0.25, 0.3) is 0 Å². The van der Waals surface area contributed by atoms with Gasteiger partial charge in [0.2, 0.25) is 0 Å². The van der Waals surface area contributed by atoms with Crippen LogP contribution in [-0.2, 0) is 4.79 Å². The molecule has 0 fully saturated rings. The third-order valence-electron chi connectivity index (χ3n) is 1.54. The molecule has 12 heavy (non-hydrogen) atoms. The Morgan fingerprint density at radius 1 is 1.42 bits per heavy atom. The van der Waals surface area contributed by atoms with Crippen LogP contribution in [0, 0.1) is 0 Å². The second-order valence-corrected chi connectivity index (χ2v) is 2.64. The highest BCUT2D eigenvalue weighted by Gasteiger charge is 2.13. The topological polar surface area (TPSA) is 52.9 Å². The number of carbonyl (C=O) groups excluding carboxylic acids is 1.